The Morgan fingerprint density at radius 1 is 0.950 bits per heavy atom. The molecule has 0 bridgehead atoms. The Labute approximate surface area is 115 Å². The second-order valence-corrected chi connectivity index (χ2v) is 4.33. The molecule has 4 nitrogen and oxygen atoms in total. The molecule has 1 amide bonds. The average molecular weight is 262 g/mol. The van der Waals surface area contributed by atoms with Crippen molar-refractivity contribution in [2.75, 3.05) is 0 Å². The summed E-state index contributed by atoms with van der Waals surface area (Å²) in [5.74, 6) is -0.777. The van der Waals surface area contributed by atoms with Crippen LogP contribution in [0, 0.1) is 4.91 Å². The first-order valence-corrected chi connectivity index (χ1v) is 6.12. The van der Waals surface area contributed by atoms with E-state index in [-0.39, 0.29) is 5.56 Å². The normalized spacial score (nSPS) is 10.4. The Hall–Kier alpha value is -2.88. The second-order valence-electron chi connectivity index (χ2n) is 4.33. The summed E-state index contributed by atoms with van der Waals surface area (Å²) in [6.07, 6.45) is 0. The van der Waals surface area contributed by atoms with E-state index in [2.05, 4.69) is 10.2 Å². The van der Waals surface area contributed by atoms with E-state index >= 15 is 0 Å². The summed E-state index contributed by atoms with van der Waals surface area (Å²) in [4.78, 5) is 26.8. The Kier molecular flexibility index (Phi) is 3.05. The zero-order valence-corrected chi connectivity index (χ0v) is 10.5. The van der Waals surface area contributed by atoms with Gasteiger partial charge in [-0.05, 0) is 12.1 Å². The van der Waals surface area contributed by atoms with Gasteiger partial charge in [0.15, 0.2) is 0 Å². The van der Waals surface area contributed by atoms with E-state index in [9.17, 15) is 9.70 Å². The Morgan fingerprint density at radius 2 is 1.65 bits per heavy atom. The van der Waals surface area contributed by atoms with Crippen molar-refractivity contribution in [1.82, 2.24) is 4.98 Å². The number of pyridine rings is 1. The predicted molar refractivity (Wildman–Crippen MR) is 77.3 cm³/mol. The predicted octanol–water partition coefficient (Wildman–Crippen LogP) is 3.81. The number of nitrogens with zero attached hydrogens (tertiary/aromatic N) is 2. The number of hydrogen-bond donors (Lipinski definition) is 0. The monoisotopic (exact) mass is 262 g/mol. The molecular formula is C16H10N2O2. The molecule has 0 aliphatic carbocycles. The van der Waals surface area contributed by atoms with Crippen LogP contribution >= 0.6 is 0 Å². The van der Waals surface area contributed by atoms with Crippen molar-refractivity contribution in [3.63, 3.8) is 0 Å². The second kappa shape index (κ2) is 5.01. The van der Waals surface area contributed by atoms with Crippen molar-refractivity contribution >= 4 is 16.8 Å². The standard InChI is InChI=1S/C16H10N2O2/c19-16(18-20)13-10-15(11-6-2-1-3-7-11)17-14-9-5-4-8-12(13)14/h1-10H. The van der Waals surface area contributed by atoms with E-state index in [1.54, 1.807) is 18.2 Å². The maximum atomic E-state index is 11.7. The van der Waals surface area contributed by atoms with Crippen molar-refractivity contribution in [2.24, 2.45) is 5.18 Å². The molecule has 0 aliphatic rings. The van der Waals surface area contributed by atoms with E-state index in [1.165, 1.54) is 0 Å². The molecule has 0 spiro atoms. The van der Waals surface area contributed by atoms with Crippen molar-refractivity contribution in [3.05, 3.63) is 71.1 Å². The van der Waals surface area contributed by atoms with Crippen LogP contribution in [0.1, 0.15) is 10.4 Å². The molecule has 2 aromatic carbocycles. The number of aromatic nitrogens is 1. The van der Waals surface area contributed by atoms with Gasteiger partial charge in [0.25, 0.3) is 0 Å². The Morgan fingerprint density at radius 3 is 2.40 bits per heavy atom. The molecule has 3 aromatic rings. The molecule has 20 heavy (non-hydrogen) atoms. The highest BCUT2D eigenvalue weighted by atomic mass is 16.3. The highest BCUT2D eigenvalue weighted by Gasteiger charge is 2.13. The van der Waals surface area contributed by atoms with Gasteiger partial charge in [-0.3, -0.25) is 4.79 Å². The minimum absolute atomic E-state index is 0.282. The Balaban J connectivity index is 2.31. The fourth-order valence-corrected chi connectivity index (χ4v) is 2.16. The summed E-state index contributed by atoms with van der Waals surface area (Å²) in [7, 11) is 0. The smallest absolute Gasteiger partial charge is 0.263 e. The zero-order chi connectivity index (χ0) is 13.9. The highest BCUT2D eigenvalue weighted by molar-refractivity contribution is 6.07. The lowest BCUT2D eigenvalue weighted by Gasteiger charge is -2.06. The van der Waals surface area contributed by atoms with Gasteiger partial charge in [-0.1, -0.05) is 48.5 Å². The minimum atomic E-state index is -0.777. The van der Waals surface area contributed by atoms with E-state index in [0.717, 1.165) is 5.56 Å². The number of nitroso groups, excluding NO2 is 1. The van der Waals surface area contributed by atoms with Gasteiger partial charge in [-0.25, -0.2) is 4.98 Å². The Bertz CT molecular complexity index is 798. The van der Waals surface area contributed by atoms with Crippen LogP contribution in [0.5, 0.6) is 0 Å². The summed E-state index contributed by atoms with van der Waals surface area (Å²) < 4.78 is 0. The molecule has 0 saturated heterocycles. The molecule has 0 N–H and O–H groups in total. The van der Waals surface area contributed by atoms with Gasteiger partial charge in [0.1, 0.15) is 0 Å². The first-order chi connectivity index (χ1) is 9.79. The average Bonchev–Trinajstić information content (AvgIpc) is 2.54. The van der Waals surface area contributed by atoms with Crippen LogP contribution < -0.4 is 0 Å². The third kappa shape index (κ3) is 2.07. The number of carbonyl (C=O) groups excluding carboxylic acids is 1. The van der Waals surface area contributed by atoms with Crippen molar-refractivity contribution < 1.29 is 4.79 Å². The fourth-order valence-electron chi connectivity index (χ4n) is 2.16. The maximum absolute atomic E-state index is 11.7. The molecule has 0 unspecified atom stereocenters. The first-order valence-electron chi connectivity index (χ1n) is 6.12. The molecule has 4 heteroatoms. The van der Waals surface area contributed by atoms with Gasteiger partial charge in [-0.15, -0.1) is 4.91 Å². The molecule has 0 fully saturated rings. The number of amides is 1. The summed E-state index contributed by atoms with van der Waals surface area (Å²) in [5, 5.41) is 3.16. The number of para-hydroxylation sites is 1. The third-order valence-corrected chi connectivity index (χ3v) is 3.10. The van der Waals surface area contributed by atoms with Crippen molar-refractivity contribution in [3.8, 4) is 11.3 Å². The fraction of sp³-hybridized carbons (Fsp3) is 0. The SMILES string of the molecule is O=NC(=O)c1cc(-c2ccccc2)nc2ccccc12. The number of carbonyl (C=O) groups is 1. The quantitative estimate of drug-likeness (QED) is 0.660. The lowest BCUT2D eigenvalue weighted by molar-refractivity contribution is 0.100. The van der Waals surface area contributed by atoms with Gasteiger partial charge in [0.05, 0.1) is 16.8 Å². The van der Waals surface area contributed by atoms with Gasteiger partial charge in [0.2, 0.25) is 0 Å². The molecular weight excluding hydrogens is 252 g/mol. The van der Waals surface area contributed by atoms with Gasteiger partial charge >= 0.3 is 5.91 Å². The third-order valence-electron chi connectivity index (χ3n) is 3.10. The van der Waals surface area contributed by atoms with Gasteiger partial charge in [0, 0.05) is 16.1 Å². The van der Waals surface area contributed by atoms with Gasteiger partial charge < -0.3 is 0 Å². The number of hydrogen-bond acceptors (Lipinski definition) is 3. The largest absolute Gasteiger partial charge is 0.317 e. The summed E-state index contributed by atoms with van der Waals surface area (Å²) in [6.45, 7) is 0. The molecule has 0 saturated carbocycles. The molecule has 0 aliphatic heterocycles. The topological polar surface area (TPSA) is 59.4 Å². The van der Waals surface area contributed by atoms with E-state index in [4.69, 9.17) is 0 Å². The molecule has 3 rings (SSSR count). The maximum Gasteiger partial charge on any atom is 0.317 e. The van der Waals surface area contributed by atoms with Crippen LogP contribution in [0.4, 0.5) is 0 Å². The molecule has 1 aromatic heterocycles. The van der Waals surface area contributed by atoms with Crippen molar-refractivity contribution in [1.29, 1.82) is 0 Å². The lowest BCUT2D eigenvalue weighted by Crippen LogP contribution is -1.98. The number of benzene rings is 2. The highest BCUT2D eigenvalue weighted by Crippen LogP contribution is 2.25. The lowest BCUT2D eigenvalue weighted by atomic mass is 10.0. The van der Waals surface area contributed by atoms with Crippen LogP contribution in [0.2, 0.25) is 0 Å². The summed E-state index contributed by atoms with van der Waals surface area (Å²) in [5.41, 5.74) is 2.49. The zero-order valence-electron chi connectivity index (χ0n) is 10.5. The minimum Gasteiger partial charge on any atom is -0.263 e. The van der Waals surface area contributed by atoms with Crippen LogP contribution in [-0.2, 0) is 0 Å². The van der Waals surface area contributed by atoms with E-state index < -0.39 is 5.91 Å². The molecule has 0 radical (unpaired) electrons. The molecule has 96 valence electrons. The van der Waals surface area contributed by atoms with E-state index in [1.807, 2.05) is 42.5 Å². The van der Waals surface area contributed by atoms with E-state index in [0.29, 0.717) is 16.6 Å². The van der Waals surface area contributed by atoms with Crippen LogP contribution in [0.25, 0.3) is 22.2 Å². The summed E-state index contributed by atoms with van der Waals surface area (Å²) >= 11 is 0. The summed E-state index contributed by atoms with van der Waals surface area (Å²) in [6, 6.07) is 18.3. The first kappa shape index (κ1) is 12.2. The van der Waals surface area contributed by atoms with Crippen molar-refractivity contribution in [2.45, 2.75) is 0 Å². The van der Waals surface area contributed by atoms with Crippen LogP contribution in [0.3, 0.4) is 0 Å². The van der Waals surface area contributed by atoms with Crippen LogP contribution in [0.15, 0.2) is 65.8 Å². The van der Waals surface area contributed by atoms with Gasteiger partial charge in [-0.2, -0.15) is 0 Å². The van der Waals surface area contributed by atoms with Crippen LogP contribution in [-0.4, -0.2) is 10.9 Å². The molecule has 1 heterocycles. The number of rotatable bonds is 2. The molecule has 0 atom stereocenters. The number of fused-ring (bicyclic) bond motifs is 1.